The number of imide groups is 1. The summed E-state index contributed by atoms with van der Waals surface area (Å²) in [4.78, 5) is 27.0. The second kappa shape index (κ2) is 9.88. The Balaban J connectivity index is 1.88. The smallest absolute Gasteiger partial charge is 0.293 e. The first-order chi connectivity index (χ1) is 14.4. The van der Waals surface area contributed by atoms with Gasteiger partial charge in [0.2, 0.25) is 0 Å². The fraction of sp³-hybridized carbons (Fsp3) is 0.217. The Bertz CT molecular complexity index is 1060. The number of terminal acetylenes is 1. The average molecular weight is 486 g/mol. The van der Waals surface area contributed by atoms with Crippen LogP contribution in [0.1, 0.15) is 23.6 Å². The summed E-state index contributed by atoms with van der Waals surface area (Å²) in [7, 11) is 0. The number of rotatable bonds is 7. The molecule has 0 N–H and O–H groups in total. The molecule has 0 atom stereocenters. The Hall–Kier alpha value is -2.69. The van der Waals surface area contributed by atoms with Crippen LogP contribution >= 0.6 is 27.7 Å². The second-order valence-corrected chi connectivity index (χ2v) is 8.30. The van der Waals surface area contributed by atoms with Crippen LogP contribution in [0.2, 0.25) is 0 Å². The molecule has 1 saturated heterocycles. The lowest BCUT2D eigenvalue weighted by atomic mass is 10.1. The Kier molecular flexibility index (Phi) is 7.24. The van der Waals surface area contributed by atoms with Gasteiger partial charge in [-0.2, -0.15) is 0 Å². The molecule has 0 radical (unpaired) electrons. The number of hydrogen-bond acceptors (Lipinski definition) is 5. The summed E-state index contributed by atoms with van der Waals surface area (Å²) < 4.78 is 11.9. The van der Waals surface area contributed by atoms with Gasteiger partial charge in [0, 0.05) is 0 Å². The second-order valence-electron chi connectivity index (χ2n) is 6.45. The molecule has 30 heavy (non-hydrogen) atoms. The van der Waals surface area contributed by atoms with E-state index in [9.17, 15) is 9.59 Å². The minimum absolute atomic E-state index is 0.107. The lowest BCUT2D eigenvalue weighted by Gasteiger charge is -2.14. The van der Waals surface area contributed by atoms with Crippen LogP contribution in [0.15, 0.2) is 45.8 Å². The standard InChI is InChI=1S/C23H20BrNO4S/c1-4-10-29-21-18(24)11-16(12-19(21)28-5-2)13-20-22(26)25(23(27)30-20)14-17-9-7-6-8-15(17)3/h1,6-9,11-13H,5,10,14H2,2-3H3/b20-13-. The maximum absolute atomic E-state index is 12.9. The van der Waals surface area contributed by atoms with Gasteiger partial charge in [0.05, 0.1) is 22.5 Å². The highest BCUT2D eigenvalue weighted by Gasteiger charge is 2.35. The van der Waals surface area contributed by atoms with Crippen molar-refractivity contribution in [1.82, 2.24) is 4.90 Å². The van der Waals surface area contributed by atoms with Crippen LogP contribution in [-0.4, -0.2) is 29.3 Å². The lowest BCUT2D eigenvalue weighted by Crippen LogP contribution is -2.27. The molecule has 2 aromatic carbocycles. The van der Waals surface area contributed by atoms with E-state index in [1.54, 1.807) is 18.2 Å². The third-order valence-corrected chi connectivity index (χ3v) is 5.89. The number of thioether (sulfide) groups is 1. The van der Waals surface area contributed by atoms with Gasteiger partial charge in [-0.05, 0) is 76.4 Å². The Morgan fingerprint density at radius 3 is 2.70 bits per heavy atom. The molecule has 0 unspecified atom stereocenters. The van der Waals surface area contributed by atoms with E-state index in [1.807, 2.05) is 38.1 Å². The number of nitrogens with zero attached hydrogens (tertiary/aromatic N) is 1. The number of halogens is 1. The zero-order valence-corrected chi connectivity index (χ0v) is 19.0. The van der Waals surface area contributed by atoms with Crippen molar-refractivity contribution in [3.05, 3.63) is 62.5 Å². The summed E-state index contributed by atoms with van der Waals surface area (Å²) in [5.74, 6) is 3.12. The zero-order valence-electron chi connectivity index (χ0n) is 16.6. The van der Waals surface area contributed by atoms with Crippen molar-refractivity contribution in [2.75, 3.05) is 13.2 Å². The normalized spacial score (nSPS) is 14.9. The number of amides is 2. The summed E-state index contributed by atoms with van der Waals surface area (Å²) >= 11 is 4.40. The summed E-state index contributed by atoms with van der Waals surface area (Å²) in [5, 5.41) is -0.285. The third-order valence-electron chi connectivity index (χ3n) is 4.39. The molecule has 1 heterocycles. The molecular formula is C23H20BrNO4S. The van der Waals surface area contributed by atoms with Gasteiger partial charge < -0.3 is 9.47 Å². The molecule has 1 aliphatic heterocycles. The van der Waals surface area contributed by atoms with E-state index < -0.39 is 0 Å². The Morgan fingerprint density at radius 2 is 2.00 bits per heavy atom. The number of carbonyl (C=O) groups excluding carboxylic acids is 2. The Morgan fingerprint density at radius 1 is 1.23 bits per heavy atom. The fourth-order valence-electron chi connectivity index (χ4n) is 2.93. The van der Waals surface area contributed by atoms with Gasteiger partial charge in [-0.1, -0.05) is 30.2 Å². The van der Waals surface area contributed by atoms with Crippen LogP contribution in [0.4, 0.5) is 4.79 Å². The van der Waals surface area contributed by atoms with Crippen molar-refractivity contribution in [2.45, 2.75) is 20.4 Å². The summed E-state index contributed by atoms with van der Waals surface area (Å²) in [5.41, 5.74) is 2.69. The van der Waals surface area contributed by atoms with E-state index in [-0.39, 0.29) is 24.3 Å². The fourth-order valence-corrected chi connectivity index (χ4v) is 4.35. The van der Waals surface area contributed by atoms with Crippen molar-refractivity contribution in [3.8, 4) is 23.8 Å². The molecule has 2 amide bonds. The summed E-state index contributed by atoms with van der Waals surface area (Å²) in [6, 6.07) is 11.3. The molecule has 0 spiro atoms. The first kappa shape index (κ1) is 22.0. The topological polar surface area (TPSA) is 55.8 Å². The van der Waals surface area contributed by atoms with Crippen LogP contribution in [-0.2, 0) is 11.3 Å². The molecule has 0 aliphatic carbocycles. The average Bonchev–Trinajstić information content (AvgIpc) is 2.96. The molecule has 7 heteroatoms. The van der Waals surface area contributed by atoms with Gasteiger partial charge in [0.15, 0.2) is 11.5 Å². The number of hydrogen-bond donors (Lipinski definition) is 0. The number of benzene rings is 2. The van der Waals surface area contributed by atoms with E-state index in [1.165, 1.54) is 4.90 Å². The quantitative estimate of drug-likeness (QED) is 0.387. The largest absolute Gasteiger partial charge is 0.490 e. The predicted molar refractivity (Wildman–Crippen MR) is 122 cm³/mol. The number of carbonyl (C=O) groups is 2. The van der Waals surface area contributed by atoms with Crippen LogP contribution in [0, 0.1) is 19.3 Å². The molecule has 1 aliphatic rings. The van der Waals surface area contributed by atoms with Gasteiger partial charge in [-0.15, -0.1) is 6.42 Å². The van der Waals surface area contributed by atoms with Crippen molar-refractivity contribution in [3.63, 3.8) is 0 Å². The molecule has 1 fully saturated rings. The molecule has 0 aromatic heterocycles. The molecule has 3 rings (SSSR count). The van der Waals surface area contributed by atoms with Crippen LogP contribution in [0.5, 0.6) is 11.5 Å². The first-order valence-corrected chi connectivity index (χ1v) is 10.9. The van der Waals surface area contributed by atoms with Gasteiger partial charge >= 0.3 is 0 Å². The van der Waals surface area contributed by atoms with E-state index in [0.29, 0.717) is 33.0 Å². The first-order valence-electron chi connectivity index (χ1n) is 9.27. The van der Waals surface area contributed by atoms with Gasteiger partial charge in [0.1, 0.15) is 6.61 Å². The molecule has 154 valence electrons. The zero-order chi connectivity index (χ0) is 21.7. The van der Waals surface area contributed by atoms with E-state index in [0.717, 1.165) is 22.9 Å². The van der Waals surface area contributed by atoms with Crippen molar-refractivity contribution in [2.24, 2.45) is 0 Å². The maximum atomic E-state index is 12.9. The van der Waals surface area contributed by atoms with Gasteiger partial charge in [-0.25, -0.2) is 0 Å². The van der Waals surface area contributed by atoms with Crippen molar-refractivity contribution < 1.29 is 19.1 Å². The van der Waals surface area contributed by atoms with Crippen LogP contribution < -0.4 is 9.47 Å². The third kappa shape index (κ3) is 4.89. The van der Waals surface area contributed by atoms with Crippen LogP contribution in [0.25, 0.3) is 6.08 Å². The van der Waals surface area contributed by atoms with E-state index in [2.05, 4.69) is 21.9 Å². The highest BCUT2D eigenvalue weighted by molar-refractivity contribution is 9.10. The highest BCUT2D eigenvalue weighted by Crippen LogP contribution is 2.39. The molecule has 0 saturated carbocycles. The molecule has 5 nitrogen and oxygen atoms in total. The molecule has 0 bridgehead atoms. The minimum atomic E-state index is -0.310. The van der Waals surface area contributed by atoms with E-state index in [4.69, 9.17) is 15.9 Å². The maximum Gasteiger partial charge on any atom is 0.293 e. The van der Waals surface area contributed by atoms with Gasteiger partial charge in [0.25, 0.3) is 11.1 Å². The minimum Gasteiger partial charge on any atom is -0.490 e. The van der Waals surface area contributed by atoms with Crippen LogP contribution in [0.3, 0.4) is 0 Å². The summed E-state index contributed by atoms with van der Waals surface area (Å²) in [6.07, 6.45) is 6.96. The van der Waals surface area contributed by atoms with Crippen molar-refractivity contribution in [1.29, 1.82) is 0 Å². The van der Waals surface area contributed by atoms with Crippen molar-refractivity contribution >= 4 is 44.9 Å². The van der Waals surface area contributed by atoms with Gasteiger partial charge in [-0.3, -0.25) is 14.5 Å². The number of ether oxygens (including phenoxy) is 2. The number of aryl methyl sites for hydroxylation is 1. The van der Waals surface area contributed by atoms with E-state index >= 15 is 0 Å². The monoisotopic (exact) mass is 485 g/mol. The predicted octanol–water partition coefficient (Wildman–Crippen LogP) is 5.40. The summed E-state index contributed by atoms with van der Waals surface area (Å²) in [6.45, 7) is 4.62. The highest BCUT2D eigenvalue weighted by atomic mass is 79.9. The molecule has 2 aromatic rings. The lowest BCUT2D eigenvalue weighted by molar-refractivity contribution is -0.123. The molecular weight excluding hydrogens is 466 g/mol. The Labute approximate surface area is 188 Å². The SMILES string of the molecule is C#CCOc1c(Br)cc(/C=C2\SC(=O)N(Cc3ccccc3C)C2=O)cc1OCC.